The van der Waals surface area contributed by atoms with Crippen LogP contribution in [0.1, 0.15) is 78.1 Å². The van der Waals surface area contributed by atoms with E-state index < -0.39 is 0 Å². The second-order valence-corrected chi connectivity index (χ2v) is 6.15. The summed E-state index contributed by atoms with van der Waals surface area (Å²) in [6, 6.07) is 0.384. The maximum Gasteiger partial charge on any atom is 0.227 e. The van der Waals surface area contributed by atoms with E-state index in [2.05, 4.69) is 19.2 Å². The molecule has 3 heteroatoms. The van der Waals surface area contributed by atoms with E-state index >= 15 is 0 Å². The monoisotopic (exact) mass is 268 g/mol. The van der Waals surface area contributed by atoms with Crippen LogP contribution in [0.3, 0.4) is 0 Å². The molecular weight excluding hydrogens is 236 g/mol. The molecule has 1 rings (SSSR count). The third-order valence-corrected chi connectivity index (χ3v) is 4.52. The van der Waals surface area contributed by atoms with Gasteiger partial charge < -0.3 is 11.1 Å². The van der Waals surface area contributed by atoms with Crippen LogP contribution in [0, 0.1) is 5.41 Å². The van der Waals surface area contributed by atoms with Crippen LogP contribution in [-0.2, 0) is 4.79 Å². The van der Waals surface area contributed by atoms with Gasteiger partial charge in [-0.2, -0.15) is 0 Å². The number of hydrogen-bond acceptors (Lipinski definition) is 2. The molecule has 1 aliphatic carbocycles. The van der Waals surface area contributed by atoms with Crippen LogP contribution < -0.4 is 11.1 Å². The van der Waals surface area contributed by atoms with Gasteiger partial charge in [0.2, 0.25) is 5.91 Å². The predicted octanol–water partition coefficient (Wildman–Crippen LogP) is 3.37. The number of nitrogens with one attached hydrogen (secondary N) is 1. The Bertz CT molecular complexity index is 251. The summed E-state index contributed by atoms with van der Waals surface area (Å²) >= 11 is 0. The molecular formula is C16H32N2O. The Hall–Kier alpha value is -0.570. The van der Waals surface area contributed by atoms with E-state index in [9.17, 15) is 4.79 Å². The number of nitrogens with two attached hydrogens (primary N) is 1. The lowest BCUT2D eigenvalue weighted by molar-refractivity contribution is -0.132. The smallest absolute Gasteiger partial charge is 0.227 e. The third kappa shape index (κ3) is 4.79. The Labute approximate surface area is 118 Å². The van der Waals surface area contributed by atoms with Crippen LogP contribution >= 0.6 is 0 Å². The number of carbonyl (C=O) groups excluding carboxylic acids is 1. The lowest BCUT2D eigenvalue weighted by Gasteiger charge is -2.32. The first-order chi connectivity index (χ1) is 9.18. The van der Waals surface area contributed by atoms with E-state index in [0.717, 1.165) is 38.5 Å². The fraction of sp³-hybridized carbons (Fsp3) is 0.938. The fourth-order valence-corrected chi connectivity index (χ4v) is 3.37. The standard InChI is InChI=1S/C16H32N2O/c1-3-11-16(13-17,12-4-2)15(19)18-14-9-7-5-6-8-10-14/h14H,3-13,17H2,1-2H3,(H,18,19). The van der Waals surface area contributed by atoms with Gasteiger partial charge in [-0.1, -0.05) is 52.4 Å². The normalized spacial score (nSPS) is 18.1. The summed E-state index contributed by atoms with van der Waals surface area (Å²) in [4.78, 5) is 12.7. The molecule has 0 bridgehead atoms. The van der Waals surface area contributed by atoms with E-state index in [1.54, 1.807) is 0 Å². The molecule has 1 fully saturated rings. The van der Waals surface area contributed by atoms with Crippen LogP contribution in [0.25, 0.3) is 0 Å². The first-order valence-electron chi connectivity index (χ1n) is 8.19. The van der Waals surface area contributed by atoms with E-state index in [1.807, 2.05) is 0 Å². The van der Waals surface area contributed by atoms with E-state index in [1.165, 1.54) is 25.7 Å². The topological polar surface area (TPSA) is 55.1 Å². The average Bonchev–Trinajstić information content (AvgIpc) is 2.67. The quantitative estimate of drug-likeness (QED) is 0.696. The molecule has 3 nitrogen and oxygen atoms in total. The van der Waals surface area contributed by atoms with Crippen molar-refractivity contribution in [3.8, 4) is 0 Å². The summed E-state index contributed by atoms with van der Waals surface area (Å²) in [6.45, 7) is 4.76. The van der Waals surface area contributed by atoms with Gasteiger partial charge in [0, 0.05) is 12.6 Å². The minimum Gasteiger partial charge on any atom is -0.353 e. The van der Waals surface area contributed by atoms with Gasteiger partial charge in [-0.25, -0.2) is 0 Å². The largest absolute Gasteiger partial charge is 0.353 e. The van der Waals surface area contributed by atoms with E-state index in [4.69, 9.17) is 5.73 Å². The van der Waals surface area contributed by atoms with Crippen molar-refractivity contribution in [2.75, 3.05) is 6.54 Å². The number of carbonyl (C=O) groups is 1. The summed E-state index contributed by atoms with van der Waals surface area (Å²) in [7, 11) is 0. The van der Waals surface area contributed by atoms with Gasteiger partial charge in [-0.15, -0.1) is 0 Å². The van der Waals surface area contributed by atoms with Crippen molar-refractivity contribution in [2.45, 2.75) is 84.1 Å². The fourth-order valence-electron chi connectivity index (χ4n) is 3.37. The predicted molar refractivity (Wildman–Crippen MR) is 80.9 cm³/mol. The van der Waals surface area contributed by atoms with Crippen molar-refractivity contribution in [3.63, 3.8) is 0 Å². The first-order valence-corrected chi connectivity index (χ1v) is 8.19. The molecule has 1 saturated carbocycles. The highest BCUT2D eigenvalue weighted by atomic mass is 16.2. The van der Waals surface area contributed by atoms with Crippen molar-refractivity contribution in [1.82, 2.24) is 5.32 Å². The van der Waals surface area contributed by atoms with Crippen molar-refractivity contribution in [2.24, 2.45) is 11.1 Å². The van der Waals surface area contributed by atoms with Gasteiger partial charge in [0.1, 0.15) is 0 Å². The van der Waals surface area contributed by atoms with Crippen LogP contribution in [0.4, 0.5) is 0 Å². The number of amides is 1. The summed E-state index contributed by atoms with van der Waals surface area (Å²) in [5.41, 5.74) is 5.63. The molecule has 0 unspecified atom stereocenters. The highest BCUT2D eigenvalue weighted by Crippen LogP contribution is 2.30. The van der Waals surface area contributed by atoms with Gasteiger partial charge in [-0.3, -0.25) is 4.79 Å². The minimum atomic E-state index is -0.324. The van der Waals surface area contributed by atoms with Crippen LogP contribution in [0.5, 0.6) is 0 Å². The molecule has 1 amide bonds. The van der Waals surface area contributed by atoms with E-state index in [-0.39, 0.29) is 11.3 Å². The van der Waals surface area contributed by atoms with Gasteiger partial charge in [-0.05, 0) is 25.7 Å². The van der Waals surface area contributed by atoms with E-state index in [0.29, 0.717) is 12.6 Å². The molecule has 3 N–H and O–H groups in total. The Morgan fingerprint density at radius 3 is 2.05 bits per heavy atom. The number of rotatable bonds is 7. The van der Waals surface area contributed by atoms with Crippen molar-refractivity contribution in [3.05, 3.63) is 0 Å². The van der Waals surface area contributed by atoms with Gasteiger partial charge in [0.25, 0.3) is 0 Å². The maximum absolute atomic E-state index is 12.7. The van der Waals surface area contributed by atoms with Crippen molar-refractivity contribution < 1.29 is 4.79 Å². The molecule has 112 valence electrons. The molecule has 0 aromatic heterocycles. The summed E-state index contributed by atoms with van der Waals surface area (Å²) in [5.74, 6) is 0.214. The highest BCUT2D eigenvalue weighted by molar-refractivity contribution is 5.83. The Kier molecular flexibility index (Phi) is 7.44. The zero-order chi connectivity index (χ0) is 14.1. The Morgan fingerprint density at radius 1 is 1.11 bits per heavy atom. The van der Waals surface area contributed by atoms with Crippen LogP contribution in [0.2, 0.25) is 0 Å². The molecule has 0 aromatic carbocycles. The third-order valence-electron chi connectivity index (χ3n) is 4.52. The molecule has 0 aromatic rings. The van der Waals surface area contributed by atoms with Gasteiger partial charge in [0.05, 0.1) is 5.41 Å². The number of hydrogen-bond donors (Lipinski definition) is 2. The lowest BCUT2D eigenvalue weighted by atomic mass is 9.78. The molecule has 0 radical (unpaired) electrons. The maximum atomic E-state index is 12.7. The molecule has 1 aliphatic rings. The molecule has 0 spiro atoms. The zero-order valence-electron chi connectivity index (χ0n) is 12.8. The van der Waals surface area contributed by atoms with Crippen LogP contribution in [0.15, 0.2) is 0 Å². The van der Waals surface area contributed by atoms with Crippen molar-refractivity contribution >= 4 is 5.91 Å². The van der Waals surface area contributed by atoms with Crippen LogP contribution in [-0.4, -0.2) is 18.5 Å². The van der Waals surface area contributed by atoms with Gasteiger partial charge >= 0.3 is 0 Å². The molecule has 0 atom stereocenters. The average molecular weight is 268 g/mol. The summed E-state index contributed by atoms with van der Waals surface area (Å²) in [5, 5.41) is 3.30. The molecule has 0 heterocycles. The minimum absolute atomic E-state index is 0.214. The summed E-state index contributed by atoms with van der Waals surface area (Å²) < 4.78 is 0. The molecule has 19 heavy (non-hydrogen) atoms. The lowest BCUT2D eigenvalue weighted by Crippen LogP contribution is -2.49. The Balaban J connectivity index is 2.63. The highest BCUT2D eigenvalue weighted by Gasteiger charge is 2.36. The molecule has 0 aliphatic heterocycles. The zero-order valence-corrected chi connectivity index (χ0v) is 12.8. The Morgan fingerprint density at radius 2 is 1.63 bits per heavy atom. The SMILES string of the molecule is CCCC(CN)(CCC)C(=O)NC1CCCCCC1. The second kappa shape index (κ2) is 8.57. The van der Waals surface area contributed by atoms with Gasteiger partial charge in [0.15, 0.2) is 0 Å². The second-order valence-electron chi connectivity index (χ2n) is 6.15. The van der Waals surface area contributed by atoms with Crippen molar-refractivity contribution in [1.29, 1.82) is 0 Å². The summed E-state index contributed by atoms with van der Waals surface area (Å²) in [6.07, 6.45) is 11.3. The molecule has 0 saturated heterocycles. The first kappa shape index (κ1) is 16.5.